The lowest BCUT2D eigenvalue weighted by Crippen LogP contribution is -2.19. The second-order valence-electron chi connectivity index (χ2n) is 8.30. The molecule has 1 atom stereocenters. The number of oxime groups is 1. The second-order valence-corrected chi connectivity index (χ2v) is 8.30. The van der Waals surface area contributed by atoms with Crippen molar-refractivity contribution in [3.63, 3.8) is 0 Å². The van der Waals surface area contributed by atoms with Crippen LogP contribution in [0, 0.1) is 12.3 Å². The molecule has 1 aromatic heterocycles. The van der Waals surface area contributed by atoms with E-state index in [-0.39, 0.29) is 12.4 Å². The van der Waals surface area contributed by atoms with E-state index in [0.717, 1.165) is 45.6 Å². The van der Waals surface area contributed by atoms with Crippen LogP contribution >= 0.6 is 12.4 Å². The van der Waals surface area contributed by atoms with Gasteiger partial charge in [0.05, 0.1) is 18.9 Å². The van der Waals surface area contributed by atoms with Gasteiger partial charge in [-0.15, -0.1) is 18.8 Å². The van der Waals surface area contributed by atoms with E-state index in [4.69, 9.17) is 25.5 Å². The van der Waals surface area contributed by atoms with Gasteiger partial charge in [-0.2, -0.15) is 0 Å². The molecule has 1 aliphatic carbocycles. The van der Waals surface area contributed by atoms with Crippen molar-refractivity contribution in [3.05, 3.63) is 41.5 Å². The first-order valence-electron chi connectivity index (χ1n) is 11.5. The van der Waals surface area contributed by atoms with Gasteiger partial charge in [-0.25, -0.2) is 0 Å². The summed E-state index contributed by atoms with van der Waals surface area (Å²) in [6, 6.07) is 10.0. The highest BCUT2D eigenvalue weighted by Gasteiger charge is 2.32. The SMILES string of the molecule is C#CC(C)ON=C1c2cc(OCC)c(OCC)cc2-c2[nH]c3ccc(OCCN(C)C)cc3c21.Cl. The van der Waals surface area contributed by atoms with E-state index in [1.165, 1.54) is 0 Å². The number of aromatic nitrogens is 1. The zero-order valence-corrected chi connectivity index (χ0v) is 21.6. The highest BCUT2D eigenvalue weighted by Crippen LogP contribution is 2.46. The first-order valence-corrected chi connectivity index (χ1v) is 11.5. The molecule has 35 heavy (non-hydrogen) atoms. The summed E-state index contributed by atoms with van der Waals surface area (Å²) in [7, 11) is 4.05. The topological polar surface area (TPSA) is 68.3 Å². The monoisotopic (exact) mass is 497 g/mol. The third-order valence-electron chi connectivity index (χ3n) is 5.56. The Kier molecular flexibility index (Phi) is 8.55. The van der Waals surface area contributed by atoms with Gasteiger partial charge in [0.2, 0.25) is 0 Å². The van der Waals surface area contributed by atoms with Crippen LogP contribution in [0.5, 0.6) is 17.2 Å². The molecule has 0 saturated carbocycles. The summed E-state index contributed by atoms with van der Waals surface area (Å²) in [6.45, 7) is 8.19. The maximum atomic E-state index is 5.99. The summed E-state index contributed by atoms with van der Waals surface area (Å²) in [5, 5.41) is 5.50. The average molecular weight is 498 g/mol. The smallest absolute Gasteiger partial charge is 0.184 e. The highest BCUT2D eigenvalue weighted by molar-refractivity contribution is 6.30. The van der Waals surface area contributed by atoms with Crippen LogP contribution in [0.1, 0.15) is 31.9 Å². The van der Waals surface area contributed by atoms with E-state index in [1.54, 1.807) is 6.92 Å². The number of halogens is 1. The van der Waals surface area contributed by atoms with Gasteiger partial charge in [0.1, 0.15) is 18.1 Å². The summed E-state index contributed by atoms with van der Waals surface area (Å²) >= 11 is 0. The Morgan fingerprint density at radius 1 is 1.03 bits per heavy atom. The van der Waals surface area contributed by atoms with Gasteiger partial charge in [0.15, 0.2) is 17.6 Å². The number of aromatic amines is 1. The Bertz CT molecular complexity index is 1260. The van der Waals surface area contributed by atoms with E-state index < -0.39 is 6.10 Å². The quantitative estimate of drug-likeness (QED) is 0.244. The average Bonchev–Trinajstić information content (AvgIpc) is 3.32. The number of rotatable bonds is 10. The van der Waals surface area contributed by atoms with Crippen molar-refractivity contribution in [1.29, 1.82) is 0 Å². The predicted molar refractivity (Wildman–Crippen MR) is 142 cm³/mol. The number of nitrogens with zero attached hydrogens (tertiary/aromatic N) is 2. The summed E-state index contributed by atoms with van der Waals surface area (Å²) in [6.07, 6.45) is 5.06. The van der Waals surface area contributed by atoms with Crippen molar-refractivity contribution in [2.75, 3.05) is 40.5 Å². The minimum absolute atomic E-state index is 0. The molecule has 2 aromatic carbocycles. The van der Waals surface area contributed by atoms with Gasteiger partial charge in [0, 0.05) is 34.1 Å². The zero-order valence-electron chi connectivity index (χ0n) is 20.8. The van der Waals surface area contributed by atoms with Gasteiger partial charge in [-0.1, -0.05) is 11.1 Å². The predicted octanol–water partition coefficient (Wildman–Crippen LogP) is 5.10. The van der Waals surface area contributed by atoms with Crippen LogP contribution in [0.3, 0.4) is 0 Å². The van der Waals surface area contributed by atoms with Gasteiger partial charge < -0.3 is 28.9 Å². The van der Waals surface area contributed by atoms with E-state index in [9.17, 15) is 0 Å². The van der Waals surface area contributed by atoms with E-state index in [0.29, 0.717) is 37.0 Å². The molecule has 0 fully saturated rings. The molecule has 1 aliphatic rings. The van der Waals surface area contributed by atoms with Gasteiger partial charge in [-0.05, 0) is 65.2 Å². The van der Waals surface area contributed by atoms with Crippen molar-refractivity contribution in [2.24, 2.45) is 5.16 Å². The number of benzene rings is 2. The van der Waals surface area contributed by atoms with Crippen LogP contribution in [0.4, 0.5) is 0 Å². The first-order chi connectivity index (χ1) is 16.5. The van der Waals surface area contributed by atoms with Crippen LogP contribution in [-0.2, 0) is 4.84 Å². The van der Waals surface area contributed by atoms with Gasteiger partial charge >= 0.3 is 0 Å². The molecule has 1 unspecified atom stereocenters. The van der Waals surface area contributed by atoms with Crippen LogP contribution < -0.4 is 14.2 Å². The standard InChI is InChI=1S/C27H31N3O4.ClH/c1-7-17(4)34-29-27-20-16-24(32-9-3)23(31-8-2)15-19(20)26-25(27)21-14-18(10-11-22(21)28-26)33-13-12-30(5)6;/h1,10-11,14-17,28H,8-9,12-13H2,2-6H3;1H. The van der Waals surface area contributed by atoms with E-state index >= 15 is 0 Å². The maximum Gasteiger partial charge on any atom is 0.184 e. The largest absolute Gasteiger partial charge is 0.492 e. The second kappa shape index (κ2) is 11.4. The van der Waals surface area contributed by atoms with Crippen molar-refractivity contribution in [2.45, 2.75) is 26.9 Å². The molecule has 0 spiro atoms. The fourth-order valence-corrected chi connectivity index (χ4v) is 3.95. The fraction of sp³-hybridized carbons (Fsp3) is 0.370. The Morgan fingerprint density at radius 3 is 2.34 bits per heavy atom. The lowest BCUT2D eigenvalue weighted by atomic mass is 10.1. The Labute approximate surface area is 212 Å². The molecule has 0 saturated heterocycles. The molecule has 4 rings (SSSR count). The van der Waals surface area contributed by atoms with Crippen molar-refractivity contribution < 1.29 is 19.0 Å². The fourth-order valence-electron chi connectivity index (χ4n) is 3.95. The minimum atomic E-state index is -0.454. The zero-order chi connectivity index (χ0) is 24.2. The van der Waals surface area contributed by atoms with Crippen molar-refractivity contribution in [1.82, 2.24) is 9.88 Å². The number of fused-ring (bicyclic) bond motifs is 5. The Hall–Kier alpha value is -3.34. The van der Waals surface area contributed by atoms with E-state index in [1.807, 2.05) is 58.3 Å². The third-order valence-corrected chi connectivity index (χ3v) is 5.56. The van der Waals surface area contributed by atoms with Gasteiger partial charge in [0.25, 0.3) is 0 Å². The molecular formula is C27H32ClN3O4. The Balaban J connectivity index is 0.00000342. The number of ether oxygens (including phenoxy) is 3. The van der Waals surface area contributed by atoms with E-state index in [2.05, 4.69) is 21.0 Å². The van der Waals surface area contributed by atoms with Crippen LogP contribution in [0.15, 0.2) is 35.5 Å². The van der Waals surface area contributed by atoms with Crippen molar-refractivity contribution in [3.8, 4) is 40.8 Å². The summed E-state index contributed by atoms with van der Waals surface area (Å²) in [5.74, 6) is 4.72. The normalized spacial score (nSPS) is 13.7. The summed E-state index contributed by atoms with van der Waals surface area (Å²) in [5.41, 5.74) is 5.47. The molecule has 3 aromatic rings. The number of H-pyrrole nitrogens is 1. The lowest BCUT2D eigenvalue weighted by Gasteiger charge is -2.14. The van der Waals surface area contributed by atoms with Crippen LogP contribution in [-0.4, -0.2) is 62.2 Å². The molecule has 0 aliphatic heterocycles. The molecule has 1 N–H and O–H groups in total. The molecule has 7 nitrogen and oxygen atoms in total. The molecule has 0 amide bonds. The minimum Gasteiger partial charge on any atom is -0.492 e. The Morgan fingerprint density at radius 2 is 1.71 bits per heavy atom. The summed E-state index contributed by atoms with van der Waals surface area (Å²) in [4.78, 5) is 11.3. The first kappa shape index (κ1) is 26.3. The third kappa shape index (κ3) is 5.34. The van der Waals surface area contributed by atoms with Crippen molar-refractivity contribution >= 4 is 29.0 Å². The molecule has 1 heterocycles. The van der Waals surface area contributed by atoms with Crippen LogP contribution in [0.25, 0.3) is 22.2 Å². The number of hydrogen-bond donors (Lipinski definition) is 1. The molecule has 186 valence electrons. The highest BCUT2D eigenvalue weighted by atomic mass is 35.5. The molecule has 0 bridgehead atoms. The number of nitrogens with one attached hydrogen (secondary N) is 1. The number of hydrogen-bond acceptors (Lipinski definition) is 6. The lowest BCUT2D eigenvalue weighted by molar-refractivity contribution is 0.113. The maximum absolute atomic E-state index is 5.99. The van der Waals surface area contributed by atoms with Gasteiger partial charge in [-0.3, -0.25) is 0 Å². The van der Waals surface area contributed by atoms with Crippen LogP contribution in [0.2, 0.25) is 0 Å². The molecule has 8 heteroatoms. The number of likely N-dealkylation sites (N-methyl/N-ethyl adjacent to an activating group) is 1. The molecular weight excluding hydrogens is 466 g/mol. The number of terminal acetylenes is 1. The summed E-state index contributed by atoms with van der Waals surface area (Å²) < 4.78 is 17.7. The molecule has 0 radical (unpaired) electrons.